The molecule has 3 heterocycles. The molecule has 1 fully saturated rings. The van der Waals surface area contributed by atoms with Crippen molar-refractivity contribution in [3.8, 4) is 0 Å². The van der Waals surface area contributed by atoms with Crippen molar-refractivity contribution in [1.82, 2.24) is 31.6 Å². The smallest absolute Gasteiger partial charge is 0.275 e. The number of hydrazone groups is 1. The number of benzene rings is 2. The van der Waals surface area contributed by atoms with Crippen LogP contribution in [0.1, 0.15) is 87.8 Å². The van der Waals surface area contributed by atoms with Gasteiger partial charge in [0.05, 0.1) is 12.6 Å². The summed E-state index contributed by atoms with van der Waals surface area (Å²) < 4.78 is 0. The molecule has 10 nitrogen and oxygen atoms in total. The number of rotatable bonds is 10. The Kier molecular flexibility index (Phi) is 10.1. The van der Waals surface area contributed by atoms with Gasteiger partial charge in [-0.3, -0.25) is 20.0 Å². The number of nitrogens with one attached hydrogen (secondary N) is 4. The van der Waals surface area contributed by atoms with Gasteiger partial charge in [0.1, 0.15) is 11.4 Å². The number of aliphatic imine (C=N–C) groups is 1. The Bertz CT molecular complexity index is 1440. The number of hydrazine groups is 2. The lowest BCUT2D eigenvalue weighted by Crippen LogP contribution is -2.55. The third kappa shape index (κ3) is 7.98. The highest BCUT2D eigenvalue weighted by molar-refractivity contribution is 6.47. The average molecular weight is 656 g/mol. The van der Waals surface area contributed by atoms with Crippen LogP contribution in [0.4, 0.5) is 0 Å². The number of amides is 2. The molecular weight excluding hydrogens is 611 g/mol. The van der Waals surface area contributed by atoms with Gasteiger partial charge in [-0.05, 0) is 60.1 Å². The Balaban J connectivity index is 1.48. The van der Waals surface area contributed by atoms with Crippen molar-refractivity contribution in [3.63, 3.8) is 0 Å². The van der Waals surface area contributed by atoms with Gasteiger partial charge >= 0.3 is 0 Å². The van der Waals surface area contributed by atoms with Gasteiger partial charge in [0.2, 0.25) is 0 Å². The molecular formula is C33H44Cl2N8O2. The SMILES string of the molecule is CC(C)CN1CCC2(CC1)N=C(c1cc(Cl)cc(Cl)c1)C(=O)N2[C@H](CCC(C)(C)C)c1ccc(C(=O)NCC2=NNNN2)cc1. The summed E-state index contributed by atoms with van der Waals surface area (Å²) in [6, 6.07) is 12.6. The van der Waals surface area contributed by atoms with E-state index in [1.54, 1.807) is 18.2 Å². The Morgan fingerprint density at radius 2 is 1.73 bits per heavy atom. The predicted molar refractivity (Wildman–Crippen MR) is 180 cm³/mol. The first kappa shape index (κ1) is 33.2. The Labute approximate surface area is 275 Å². The first-order valence-corrected chi connectivity index (χ1v) is 16.4. The fourth-order valence-electron chi connectivity index (χ4n) is 6.33. The van der Waals surface area contributed by atoms with Gasteiger partial charge in [-0.15, -0.1) is 10.6 Å². The topological polar surface area (TPSA) is 113 Å². The number of amidine groups is 1. The largest absolute Gasteiger partial charge is 0.345 e. The first-order valence-electron chi connectivity index (χ1n) is 15.7. The highest BCUT2D eigenvalue weighted by atomic mass is 35.5. The molecule has 3 aliphatic rings. The first-order chi connectivity index (χ1) is 21.3. The van der Waals surface area contributed by atoms with Crippen LogP contribution < -0.4 is 21.8 Å². The zero-order valence-corrected chi connectivity index (χ0v) is 28.2. The lowest BCUT2D eigenvalue weighted by molar-refractivity contribution is -0.134. The summed E-state index contributed by atoms with van der Waals surface area (Å²) in [6.45, 7) is 14.1. The highest BCUT2D eigenvalue weighted by Crippen LogP contribution is 2.45. The fraction of sp³-hybridized carbons (Fsp3) is 0.515. The maximum absolute atomic E-state index is 14.6. The number of likely N-dealkylation sites (tertiary alicyclic amines) is 1. The molecule has 1 spiro atoms. The second-order valence-electron chi connectivity index (χ2n) is 13.8. The quantitative estimate of drug-likeness (QED) is 0.277. The van der Waals surface area contributed by atoms with E-state index in [-0.39, 0.29) is 29.8 Å². The molecule has 2 aromatic carbocycles. The number of carbonyl (C=O) groups excluding carboxylic acids is 2. The molecule has 0 radical (unpaired) electrons. The van der Waals surface area contributed by atoms with Crippen LogP contribution in [0.25, 0.3) is 0 Å². The summed E-state index contributed by atoms with van der Waals surface area (Å²) in [5, 5.41) is 7.80. The monoisotopic (exact) mass is 654 g/mol. The zero-order chi connectivity index (χ0) is 32.4. The Morgan fingerprint density at radius 1 is 1.07 bits per heavy atom. The van der Waals surface area contributed by atoms with Crippen molar-refractivity contribution in [2.24, 2.45) is 21.4 Å². The van der Waals surface area contributed by atoms with Crippen LogP contribution in [0.5, 0.6) is 0 Å². The summed E-state index contributed by atoms with van der Waals surface area (Å²) >= 11 is 12.8. The van der Waals surface area contributed by atoms with E-state index in [0.29, 0.717) is 38.6 Å². The van der Waals surface area contributed by atoms with Crippen LogP contribution in [0.3, 0.4) is 0 Å². The normalized spacial score (nSPS) is 18.9. The molecule has 0 aliphatic carbocycles. The van der Waals surface area contributed by atoms with Crippen LogP contribution in [0.2, 0.25) is 10.0 Å². The number of hydrogen-bond acceptors (Lipinski definition) is 8. The van der Waals surface area contributed by atoms with Gasteiger partial charge in [0, 0.05) is 53.6 Å². The molecule has 1 atom stereocenters. The van der Waals surface area contributed by atoms with Gasteiger partial charge in [0.15, 0.2) is 5.84 Å². The second kappa shape index (κ2) is 13.7. The van der Waals surface area contributed by atoms with Crippen molar-refractivity contribution >= 4 is 46.6 Å². The zero-order valence-electron chi connectivity index (χ0n) is 26.7. The fourth-order valence-corrected chi connectivity index (χ4v) is 6.86. The van der Waals surface area contributed by atoms with Crippen molar-refractivity contribution in [2.75, 3.05) is 26.2 Å². The molecule has 0 bridgehead atoms. The van der Waals surface area contributed by atoms with Crippen molar-refractivity contribution < 1.29 is 9.59 Å². The van der Waals surface area contributed by atoms with E-state index in [1.807, 2.05) is 29.2 Å². The van der Waals surface area contributed by atoms with Gasteiger partial charge in [0.25, 0.3) is 11.8 Å². The minimum absolute atomic E-state index is 0.0551. The summed E-state index contributed by atoms with van der Waals surface area (Å²) in [6.07, 6.45) is 3.12. The van der Waals surface area contributed by atoms with Crippen LogP contribution in [-0.4, -0.2) is 65.0 Å². The third-order valence-electron chi connectivity index (χ3n) is 8.51. The van der Waals surface area contributed by atoms with E-state index in [2.05, 4.69) is 66.4 Å². The molecule has 2 aromatic rings. The molecule has 0 saturated carbocycles. The number of piperidine rings is 1. The maximum Gasteiger partial charge on any atom is 0.275 e. The van der Waals surface area contributed by atoms with Crippen molar-refractivity contribution in [3.05, 3.63) is 69.2 Å². The predicted octanol–water partition coefficient (Wildman–Crippen LogP) is 5.30. The average Bonchev–Trinajstić information content (AvgIpc) is 3.59. The van der Waals surface area contributed by atoms with E-state index in [0.717, 1.165) is 50.9 Å². The number of hydrogen-bond donors (Lipinski definition) is 4. The molecule has 1 saturated heterocycles. The van der Waals surface area contributed by atoms with E-state index in [1.165, 1.54) is 0 Å². The van der Waals surface area contributed by atoms with Crippen LogP contribution in [-0.2, 0) is 4.79 Å². The van der Waals surface area contributed by atoms with Crippen LogP contribution in [0, 0.1) is 11.3 Å². The van der Waals surface area contributed by atoms with E-state index < -0.39 is 5.66 Å². The van der Waals surface area contributed by atoms with Gasteiger partial charge in [-0.25, -0.2) is 5.53 Å². The number of nitrogens with zero attached hydrogens (tertiary/aromatic N) is 4. The van der Waals surface area contributed by atoms with Crippen molar-refractivity contribution in [2.45, 2.75) is 72.0 Å². The van der Waals surface area contributed by atoms with Gasteiger partial charge in [-0.1, -0.05) is 70.0 Å². The van der Waals surface area contributed by atoms with Crippen LogP contribution in [0.15, 0.2) is 52.6 Å². The van der Waals surface area contributed by atoms with E-state index in [4.69, 9.17) is 28.2 Å². The third-order valence-corrected chi connectivity index (χ3v) is 8.95. The lowest BCUT2D eigenvalue weighted by atomic mass is 9.84. The number of halogens is 2. The van der Waals surface area contributed by atoms with Gasteiger partial charge < -0.3 is 15.1 Å². The second-order valence-corrected chi connectivity index (χ2v) is 14.7. The molecule has 242 valence electrons. The van der Waals surface area contributed by atoms with E-state index in [9.17, 15) is 9.59 Å². The molecule has 3 aliphatic heterocycles. The minimum atomic E-state index is -0.690. The molecule has 2 amide bonds. The van der Waals surface area contributed by atoms with Crippen molar-refractivity contribution in [1.29, 1.82) is 0 Å². The molecule has 4 N–H and O–H groups in total. The minimum Gasteiger partial charge on any atom is -0.345 e. The molecule has 0 unspecified atom stereocenters. The summed E-state index contributed by atoms with van der Waals surface area (Å²) in [5.74, 6) is 0.813. The number of carbonyl (C=O) groups is 2. The summed E-state index contributed by atoms with van der Waals surface area (Å²) in [4.78, 5) is 37.3. The molecule has 0 aromatic heterocycles. The lowest BCUT2D eigenvalue weighted by Gasteiger charge is -2.47. The summed E-state index contributed by atoms with van der Waals surface area (Å²) in [7, 11) is 0. The summed E-state index contributed by atoms with van der Waals surface area (Å²) in [5.41, 5.74) is 9.96. The maximum atomic E-state index is 14.6. The van der Waals surface area contributed by atoms with Gasteiger partial charge in [-0.2, -0.15) is 0 Å². The standard InChI is InChI=1S/C33H44Cl2N8O2/c1-21(2)20-42-14-12-33(13-15-42)37-29(24-16-25(34)18-26(35)17-24)31(45)43(33)27(10-11-32(3,4)5)22-6-8-23(9-7-22)30(44)36-19-28-38-40-41-39-28/h6-9,16-18,21,27,40-41H,10-15,19-20H2,1-5H3,(H,36,44)(H,38,39)/t27-/m1/s1. The van der Waals surface area contributed by atoms with Crippen LogP contribution >= 0.6 is 23.2 Å². The molecule has 45 heavy (non-hydrogen) atoms. The molecule has 12 heteroatoms. The van der Waals surface area contributed by atoms with E-state index >= 15 is 0 Å². The molecule has 5 rings (SSSR count). The Morgan fingerprint density at radius 3 is 2.31 bits per heavy atom. The highest BCUT2D eigenvalue weighted by Gasteiger charge is 2.52. The Hall–Kier alpha value is -3.18.